The highest BCUT2D eigenvalue weighted by atomic mass is 16.3. The second-order valence-corrected chi connectivity index (χ2v) is 7.58. The molecule has 0 saturated heterocycles. The van der Waals surface area contributed by atoms with E-state index in [4.69, 9.17) is 4.42 Å². The van der Waals surface area contributed by atoms with Crippen LogP contribution < -0.4 is 15.2 Å². The van der Waals surface area contributed by atoms with Gasteiger partial charge in [-0.1, -0.05) is 43.5 Å². The molecule has 4 nitrogen and oxygen atoms in total. The van der Waals surface area contributed by atoms with Crippen LogP contribution in [-0.2, 0) is 0 Å². The quantitative estimate of drug-likeness (QED) is 0.374. The molecule has 2 heterocycles. The van der Waals surface area contributed by atoms with Gasteiger partial charge in [-0.25, -0.2) is 0 Å². The summed E-state index contributed by atoms with van der Waals surface area (Å²) in [6.45, 7) is 15.9. The lowest BCUT2D eigenvalue weighted by Crippen LogP contribution is -2.40. The Hall–Kier alpha value is -3.53. The Kier molecular flexibility index (Phi) is 5.81. The molecular formula is C27H28N2O2. The van der Waals surface area contributed by atoms with Gasteiger partial charge in [0, 0.05) is 54.8 Å². The Morgan fingerprint density at radius 3 is 2.39 bits per heavy atom. The van der Waals surface area contributed by atoms with E-state index in [0.29, 0.717) is 5.76 Å². The summed E-state index contributed by atoms with van der Waals surface area (Å²) in [5, 5.41) is 1.02. The molecule has 0 N–H and O–H groups in total. The topological polar surface area (TPSA) is 36.7 Å². The van der Waals surface area contributed by atoms with Gasteiger partial charge in [0.1, 0.15) is 11.3 Å². The maximum atomic E-state index is 12.1. The number of hydrogen-bond donors (Lipinski definition) is 0. The van der Waals surface area contributed by atoms with Gasteiger partial charge in [-0.15, -0.1) is 0 Å². The van der Waals surface area contributed by atoms with Crippen molar-refractivity contribution in [2.45, 2.75) is 13.8 Å². The maximum Gasteiger partial charge on any atom is 0.182 e. The fourth-order valence-electron chi connectivity index (χ4n) is 4.37. The van der Waals surface area contributed by atoms with Gasteiger partial charge in [-0.3, -0.25) is 4.79 Å². The summed E-state index contributed by atoms with van der Waals surface area (Å²) in [6, 6.07) is 9.36. The number of rotatable bonds is 6. The summed E-state index contributed by atoms with van der Waals surface area (Å²) in [7, 11) is 0. The molecule has 1 aromatic carbocycles. The van der Waals surface area contributed by atoms with Crippen molar-refractivity contribution in [3.05, 3.63) is 89.7 Å². The Morgan fingerprint density at radius 2 is 1.74 bits per heavy atom. The summed E-state index contributed by atoms with van der Waals surface area (Å²) in [5.74, 6) is 0.586. The van der Waals surface area contributed by atoms with Crippen LogP contribution in [0.3, 0.4) is 0 Å². The number of allylic oxidation sites excluding steroid dienone is 6. The van der Waals surface area contributed by atoms with Crippen molar-refractivity contribution in [1.82, 2.24) is 0 Å². The summed E-state index contributed by atoms with van der Waals surface area (Å²) < 4.78 is 6.29. The minimum Gasteiger partial charge on any atom is -0.456 e. The number of hydrogen-bond acceptors (Lipinski definition) is 4. The minimum absolute atomic E-state index is 0.0669. The zero-order valence-corrected chi connectivity index (χ0v) is 18.2. The summed E-state index contributed by atoms with van der Waals surface area (Å²) in [4.78, 5) is 16.9. The van der Waals surface area contributed by atoms with Crippen LogP contribution in [0.15, 0.2) is 83.1 Å². The molecule has 0 amide bonds. The highest BCUT2D eigenvalue weighted by molar-refractivity contribution is 6.04. The molecule has 158 valence electrons. The lowest BCUT2D eigenvalue weighted by Gasteiger charge is -2.38. The summed E-state index contributed by atoms with van der Waals surface area (Å²) >= 11 is 0. The van der Waals surface area contributed by atoms with Crippen molar-refractivity contribution in [2.24, 2.45) is 0 Å². The van der Waals surface area contributed by atoms with Crippen LogP contribution in [-0.4, -0.2) is 26.2 Å². The van der Waals surface area contributed by atoms with Crippen LogP contribution in [0.4, 0.5) is 11.4 Å². The van der Waals surface area contributed by atoms with Crippen molar-refractivity contribution in [1.29, 1.82) is 0 Å². The average molecular weight is 413 g/mol. The van der Waals surface area contributed by atoms with Crippen LogP contribution in [0.2, 0.25) is 0 Å². The predicted octanol–water partition coefficient (Wildman–Crippen LogP) is 5.88. The van der Waals surface area contributed by atoms with E-state index >= 15 is 0 Å². The molecule has 1 aromatic rings. The average Bonchev–Trinajstić information content (AvgIpc) is 2.78. The normalized spacial score (nSPS) is 14.5. The van der Waals surface area contributed by atoms with Crippen LogP contribution in [0.25, 0.3) is 27.9 Å². The zero-order valence-electron chi connectivity index (χ0n) is 18.2. The van der Waals surface area contributed by atoms with Crippen LogP contribution in [0, 0.1) is 0 Å². The van der Waals surface area contributed by atoms with E-state index in [1.165, 1.54) is 11.4 Å². The molecule has 0 saturated carbocycles. The molecule has 0 fully saturated rings. The highest BCUT2D eigenvalue weighted by Crippen LogP contribution is 2.43. The predicted molar refractivity (Wildman–Crippen MR) is 132 cm³/mol. The number of nitrogens with zero attached hydrogens (tertiary/aromatic N) is 2. The van der Waals surface area contributed by atoms with Gasteiger partial charge in [-0.2, -0.15) is 0 Å². The van der Waals surface area contributed by atoms with E-state index in [-0.39, 0.29) is 5.43 Å². The lowest BCUT2D eigenvalue weighted by atomic mass is 9.92. The molecule has 0 bridgehead atoms. The molecular weight excluding hydrogens is 384 g/mol. The van der Waals surface area contributed by atoms with Crippen LogP contribution >= 0.6 is 0 Å². The number of benzene rings is 2. The summed E-state index contributed by atoms with van der Waals surface area (Å²) in [5.41, 5.74) is 6.01. The Bertz CT molecular complexity index is 1230. The van der Waals surface area contributed by atoms with Gasteiger partial charge >= 0.3 is 0 Å². The first kappa shape index (κ1) is 20.7. The molecule has 31 heavy (non-hydrogen) atoms. The highest BCUT2D eigenvalue weighted by Gasteiger charge is 2.25. The first-order valence-electron chi connectivity index (χ1n) is 10.8. The molecule has 0 unspecified atom stereocenters. The molecule has 0 aromatic heterocycles. The standard InChI is InChI=1S/C27H28N2O2/c1-5-9-11-19(10-6-2)27-21-13-12-20(30)16-25(21)31-26-18-24-23(17-22(26)27)28(7-3)14-15-29(24)8-4/h5-6,9-13,16-18H,1-2,7-8,14-15H2,3-4H3/b11-9-,19-10+. The van der Waals surface area contributed by atoms with E-state index in [2.05, 4.69) is 48.9 Å². The first-order valence-corrected chi connectivity index (χ1v) is 10.8. The number of fused-ring (bicyclic) bond motifs is 3. The van der Waals surface area contributed by atoms with Crippen LogP contribution in [0.1, 0.15) is 19.4 Å². The number of likely N-dealkylation sites (N-methyl/N-ethyl adjacent to an activating group) is 2. The van der Waals surface area contributed by atoms with E-state index < -0.39 is 0 Å². The smallest absolute Gasteiger partial charge is 0.182 e. The molecule has 3 aliphatic rings. The fourth-order valence-corrected chi connectivity index (χ4v) is 4.37. The largest absolute Gasteiger partial charge is 0.456 e. The van der Waals surface area contributed by atoms with Gasteiger partial charge < -0.3 is 14.2 Å². The third-order valence-electron chi connectivity index (χ3n) is 5.87. The van der Waals surface area contributed by atoms with Crippen LogP contribution in [0.5, 0.6) is 0 Å². The number of anilines is 2. The SMILES string of the molecule is C=C/C=C\C(=C/C=C)c1c2ccc(=O)cc-2oc2cc3c(cc12)N(CC)CCN3CC. The fraction of sp³-hybridized carbons (Fsp3) is 0.222. The van der Waals surface area contributed by atoms with Crippen molar-refractivity contribution < 1.29 is 4.42 Å². The van der Waals surface area contributed by atoms with E-state index in [9.17, 15) is 4.79 Å². The van der Waals surface area contributed by atoms with E-state index in [1.54, 1.807) is 24.3 Å². The van der Waals surface area contributed by atoms with Gasteiger partial charge in [0.15, 0.2) is 5.43 Å². The molecule has 0 spiro atoms. The summed E-state index contributed by atoms with van der Waals surface area (Å²) in [6.07, 6.45) is 9.44. The lowest BCUT2D eigenvalue weighted by molar-refractivity contribution is 0.617. The Balaban J connectivity index is 2.13. The molecule has 0 radical (unpaired) electrons. The molecule has 4 rings (SSSR count). The van der Waals surface area contributed by atoms with Crippen molar-refractivity contribution >= 4 is 27.9 Å². The monoisotopic (exact) mass is 412 g/mol. The Labute approximate surface area is 183 Å². The van der Waals surface area contributed by atoms with Gasteiger partial charge in [0.05, 0.1) is 11.4 Å². The zero-order chi connectivity index (χ0) is 22.0. The van der Waals surface area contributed by atoms with E-state index in [1.807, 2.05) is 24.3 Å². The third kappa shape index (κ3) is 3.70. The van der Waals surface area contributed by atoms with Gasteiger partial charge in [-0.05, 0) is 37.6 Å². The molecule has 4 heteroatoms. The minimum atomic E-state index is -0.0669. The molecule has 0 atom stereocenters. The van der Waals surface area contributed by atoms with Gasteiger partial charge in [0.25, 0.3) is 0 Å². The Morgan fingerprint density at radius 1 is 1.03 bits per heavy atom. The van der Waals surface area contributed by atoms with Crippen molar-refractivity contribution in [3.63, 3.8) is 0 Å². The second kappa shape index (κ2) is 8.68. The van der Waals surface area contributed by atoms with Crippen molar-refractivity contribution in [2.75, 3.05) is 36.0 Å². The molecule has 2 aliphatic heterocycles. The van der Waals surface area contributed by atoms with Gasteiger partial charge in [0.2, 0.25) is 0 Å². The second-order valence-electron chi connectivity index (χ2n) is 7.58. The third-order valence-corrected chi connectivity index (χ3v) is 5.87. The molecule has 1 aliphatic carbocycles. The maximum absolute atomic E-state index is 12.1. The van der Waals surface area contributed by atoms with E-state index in [0.717, 1.165) is 53.8 Å². The first-order chi connectivity index (χ1) is 15.1. The van der Waals surface area contributed by atoms with Crippen molar-refractivity contribution in [3.8, 4) is 11.3 Å².